The van der Waals surface area contributed by atoms with Crippen molar-refractivity contribution in [1.82, 2.24) is 20.3 Å². The highest BCUT2D eigenvalue weighted by molar-refractivity contribution is 5.71. The number of nitrogens with one attached hydrogen (secondary N) is 2. The predicted octanol–water partition coefficient (Wildman–Crippen LogP) is 0.425. The second-order valence-corrected chi connectivity index (χ2v) is 4.17. The molecule has 18 heavy (non-hydrogen) atoms. The molecule has 0 amide bonds. The van der Waals surface area contributed by atoms with Gasteiger partial charge in [-0.05, 0) is 12.1 Å². The maximum Gasteiger partial charge on any atom is 0.180 e. The van der Waals surface area contributed by atoms with Crippen molar-refractivity contribution in [2.45, 2.75) is 6.10 Å². The molecule has 0 saturated carbocycles. The fraction of sp³-hybridized carbons (Fsp3) is 0.417. The number of ether oxygens (including phenoxy) is 1. The number of hydrogen-bond acceptors (Lipinski definition) is 6. The molecule has 0 aliphatic carbocycles. The fourth-order valence-corrected chi connectivity index (χ4v) is 1.92. The summed E-state index contributed by atoms with van der Waals surface area (Å²) in [7, 11) is 0. The molecule has 1 aliphatic rings. The van der Waals surface area contributed by atoms with E-state index in [9.17, 15) is 0 Å². The second-order valence-electron chi connectivity index (χ2n) is 4.17. The summed E-state index contributed by atoms with van der Waals surface area (Å²) in [6.45, 7) is 3.31. The summed E-state index contributed by atoms with van der Waals surface area (Å²) in [5.74, 6) is 0.803. The van der Waals surface area contributed by atoms with Gasteiger partial charge in [0.05, 0.1) is 12.7 Å². The molecule has 3 heterocycles. The first-order chi connectivity index (χ1) is 8.92. The summed E-state index contributed by atoms with van der Waals surface area (Å²) in [4.78, 5) is 12.8. The molecule has 0 aromatic carbocycles. The van der Waals surface area contributed by atoms with Crippen molar-refractivity contribution >= 4 is 17.0 Å². The molecule has 1 atom stereocenters. The molecule has 1 unspecified atom stereocenters. The minimum absolute atomic E-state index is 0.193. The Morgan fingerprint density at radius 3 is 3.17 bits per heavy atom. The first-order valence-electron chi connectivity index (χ1n) is 6.06. The standard InChI is InChI=1S/C12H15N5O/c1-2-11(16-8-9-7-13-5-6-18-9)17-12-10(1)14-3-4-15-12/h1-4,9,13H,5-8H2,(H,15,16,17). The van der Waals surface area contributed by atoms with Crippen molar-refractivity contribution in [3.8, 4) is 0 Å². The van der Waals surface area contributed by atoms with E-state index in [0.29, 0.717) is 5.65 Å². The molecule has 2 N–H and O–H groups in total. The Balaban J connectivity index is 1.66. The zero-order valence-corrected chi connectivity index (χ0v) is 9.97. The largest absolute Gasteiger partial charge is 0.374 e. The topological polar surface area (TPSA) is 72.0 Å². The van der Waals surface area contributed by atoms with Gasteiger partial charge >= 0.3 is 0 Å². The van der Waals surface area contributed by atoms with Gasteiger partial charge in [0.25, 0.3) is 0 Å². The van der Waals surface area contributed by atoms with Crippen LogP contribution in [0, 0.1) is 0 Å². The van der Waals surface area contributed by atoms with Crippen molar-refractivity contribution in [3.63, 3.8) is 0 Å². The molecule has 0 bridgehead atoms. The van der Waals surface area contributed by atoms with Crippen molar-refractivity contribution in [2.75, 3.05) is 31.6 Å². The van der Waals surface area contributed by atoms with Gasteiger partial charge in [-0.25, -0.2) is 9.97 Å². The number of pyridine rings is 1. The number of anilines is 1. The number of nitrogens with zero attached hydrogens (tertiary/aromatic N) is 3. The number of aromatic nitrogens is 3. The summed E-state index contributed by atoms with van der Waals surface area (Å²) in [6, 6.07) is 3.82. The van der Waals surface area contributed by atoms with Crippen LogP contribution in [0.5, 0.6) is 0 Å². The Hall–Kier alpha value is -1.79. The van der Waals surface area contributed by atoms with E-state index in [4.69, 9.17) is 4.74 Å². The average molecular weight is 245 g/mol. The van der Waals surface area contributed by atoms with Crippen molar-refractivity contribution in [2.24, 2.45) is 0 Å². The molecule has 1 aliphatic heterocycles. The van der Waals surface area contributed by atoms with Gasteiger partial charge in [0.1, 0.15) is 11.3 Å². The molecule has 1 saturated heterocycles. The van der Waals surface area contributed by atoms with Gasteiger partial charge in [0, 0.05) is 32.0 Å². The van der Waals surface area contributed by atoms with Crippen molar-refractivity contribution < 1.29 is 4.74 Å². The molecular weight excluding hydrogens is 230 g/mol. The van der Waals surface area contributed by atoms with Crippen LogP contribution < -0.4 is 10.6 Å². The minimum Gasteiger partial charge on any atom is -0.374 e. The quantitative estimate of drug-likeness (QED) is 0.817. The van der Waals surface area contributed by atoms with Crippen molar-refractivity contribution in [1.29, 1.82) is 0 Å². The predicted molar refractivity (Wildman–Crippen MR) is 68.4 cm³/mol. The van der Waals surface area contributed by atoms with Crippen LogP contribution >= 0.6 is 0 Å². The third-order valence-electron chi connectivity index (χ3n) is 2.85. The van der Waals surface area contributed by atoms with Crippen LogP contribution in [-0.4, -0.2) is 47.3 Å². The zero-order chi connectivity index (χ0) is 12.2. The van der Waals surface area contributed by atoms with E-state index >= 15 is 0 Å². The highest BCUT2D eigenvalue weighted by Gasteiger charge is 2.12. The molecule has 94 valence electrons. The average Bonchev–Trinajstić information content (AvgIpc) is 2.46. The first-order valence-corrected chi connectivity index (χ1v) is 6.06. The van der Waals surface area contributed by atoms with Crippen LogP contribution in [-0.2, 0) is 4.74 Å². The second kappa shape index (κ2) is 5.24. The first kappa shape index (κ1) is 11.3. The zero-order valence-electron chi connectivity index (χ0n) is 9.97. The van der Waals surface area contributed by atoms with E-state index in [0.717, 1.165) is 37.6 Å². The van der Waals surface area contributed by atoms with Crippen LogP contribution in [0.2, 0.25) is 0 Å². The van der Waals surface area contributed by atoms with Gasteiger partial charge in [-0.2, -0.15) is 0 Å². The third kappa shape index (κ3) is 2.55. The number of fused-ring (bicyclic) bond motifs is 1. The Morgan fingerprint density at radius 1 is 1.33 bits per heavy atom. The van der Waals surface area contributed by atoms with E-state index in [-0.39, 0.29) is 6.10 Å². The van der Waals surface area contributed by atoms with Gasteiger partial charge in [-0.1, -0.05) is 0 Å². The highest BCUT2D eigenvalue weighted by atomic mass is 16.5. The smallest absolute Gasteiger partial charge is 0.180 e. The van der Waals surface area contributed by atoms with Gasteiger partial charge < -0.3 is 15.4 Å². The molecule has 6 heteroatoms. The number of hydrogen-bond donors (Lipinski definition) is 2. The molecule has 3 rings (SSSR count). The van der Waals surface area contributed by atoms with Gasteiger partial charge in [0.15, 0.2) is 5.65 Å². The Labute approximate surface area is 105 Å². The Kier molecular flexibility index (Phi) is 3.29. The van der Waals surface area contributed by atoms with Crippen molar-refractivity contribution in [3.05, 3.63) is 24.5 Å². The Bertz CT molecular complexity index is 527. The van der Waals surface area contributed by atoms with Gasteiger partial charge in [0.2, 0.25) is 0 Å². The highest BCUT2D eigenvalue weighted by Crippen LogP contribution is 2.10. The van der Waals surface area contributed by atoms with Crippen LogP contribution in [0.15, 0.2) is 24.5 Å². The molecule has 2 aromatic heterocycles. The summed E-state index contributed by atoms with van der Waals surface area (Å²) < 4.78 is 5.61. The van der Waals surface area contributed by atoms with E-state index in [1.807, 2.05) is 12.1 Å². The third-order valence-corrected chi connectivity index (χ3v) is 2.85. The lowest BCUT2D eigenvalue weighted by Gasteiger charge is -2.23. The van der Waals surface area contributed by atoms with Crippen LogP contribution in [0.3, 0.4) is 0 Å². The number of morpholine rings is 1. The SMILES string of the molecule is c1cnc2nc(NCC3CNCCO3)ccc2n1. The van der Waals surface area contributed by atoms with Crippen LogP contribution in [0.4, 0.5) is 5.82 Å². The summed E-state index contributed by atoms with van der Waals surface area (Å²) in [5, 5.41) is 6.56. The maximum absolute atomic E-state index is 5.61. The lowest BCUT2D eigenvalue weighted by Crippen LogP contribution is -2.42. The number of rotatable bonds is 3. The van der Waals surface area contributed by atoms with Gasteiger partial charge in [-0.3, -0.25) is 4.98 Å². The van der Waals surface area contributed by atoms with Gasteiger partial charge in [-0.15, -0.1) is 0 Å². The summed E-state index contributed by atoms with van der Waals surface area (Å²) in [5.41, 5.74) is 1.46. The lowest BCUT2D eigenvalue weighted by atomic mass is 10.3. The van der Waals surface area contributed by atoms with E-state index in [2.05, 4.69) is 25.6 Å². The lowest BCUT2D eigenvalue weighted by molar-refractivity contribution is 0.0372. The maximum atomic E-state index is 5.61. The normalized spacial score (nSPS) is 19.9. The molecule has 1 fully saturated rings. The molecule has 2 aromatic rings. The van der Waals surface area contributed by atoms with Crippen LogP contribution in [0.1, 0.15) is 0 Å². The molecular formula is C12H15N5O. The minimum atomic E-state index is 0.193. The van der Waals surface area contributed by atoms with Crippen LogP contribution in [0.25, 0.3) is 11.2 Å². The van der Waals surface area contributed by atoms with E-state index in [1.165, 1.54) is 0 Å². The fourth-order valence-electron chi connectivity index (χ4n) is 1.92. The summed E-state index contributed by atoms with van der Waals surface area (Å²) in [6.07, 6.45) is 3.50. The molecule has 0 spiro atoms. The monoisotopic (exact) mass is 245 g/mol. The van der Waals surface area contributed by atoms with E-state index < -0.39 is 0 Å². The Morgan fingerprint density at radius 2 is 2.28 bits per heavy atom. The molecule has 0 radical (unpaired) electrons. The molecule has 6 nitrogen and oxygen atoms in total. The summed E-state index contributed by atoms with van der Waals surface area (Å²) >= 11 is 0. The van der Waals surface area contributed by atoms with E-state index in [1.54, 1.807) is 12.4 Å².